The van der Waals surface area contributed by atoms with Crippen LogP contribution in [-0.4, -0.2) is 16.6 Å². The third kappa shape index (κ3) is 4.51. The van der Waals surface area contributed by atoms with Crippen molar-refractivity contribution in [3.05, 3.63) is 65.4 Å². The summed E-state index contributed by atoms with van der Waals surface area (Å²) in [5.74, 6) is 2.17. The molecule has 1 aromatic heterocycles. The molecule has 0 aliphatic heterocycles. The fourth-order valence-corrected chi connectivity index (χ4v) is 2.63. The molecule has 26 heavy (non-hydrogen) atoms. The summed E-state index contributed by atoms with van der Waals surface area (Å²) in [6.45, 7) is 8.74. The molecule has 134 valence electrons. The highest BCUT2D eigenvalue weighted by atomic mass is 16.5. The van der Waals surface area contributed by atoms with Crippen molar-refractivity contribution in [2.45, 2.75) is 27.7 Å². The van der Waals surface area contributed by atoms with Crippen LogP contribution in [0.4, 0.5) is 23.1 Å². The summed E-state index contributed by atoms with van der Waals surface area (Å²) in [5, 5.41) is 6.64. The molecule has 0 bridgehead atoms. The summed E-state index contributed by atoms with van der Waals surface area (Å²) in [4.78, 5) is 9.07. The van der Waals surface area contributed by atoms with Crippen LogP contribution in [0.3, 0.4) is 0 Å². The number of aromatic nitrogens is 2. The molecular formula is C21H24N4O. The van der Waals surface area contributed by atoms with Gasteiger partial charge in [0.2, 0.25) is 5.95 Å². The minimum absolute atomic E-state index is 0.557. The number of benzene rings is 2. The van der Waals surface area contributed by atoms with E-state index in [1.54, 1.807) is 0 Å². The predicted octanol–water partition coefficient (Wildman–Crippen LogP) is 5.29. The Kier molecular flexibility index (Phi) is 5.37. The maximum atomic E-state index is 5.47. The highest BCUT2D eigenvalue weighted by Crippen LogP contribution is 2.23. The number of ether oxygens (including phenoxy) is 1. The summed E-state index contributed by atoms with van der Waals surface area (Å²) in [6.07, 6.45) is 0. The maximum absolute atomic E-state index is 5.47. The van der Waals surface area contributed by atoms with E-state index in [9.17, 15) is 0 Å². The Hall–Kier alpha value is -3.08. The molecule has 1 heterocycles. The number of nitrogens with one attached hydrogen (secondary N) is 2. The lowest BCUT2D eigenvalue weighted by atomic mass is 10.1. The van der Waals surface area contributed by atoms with Gasteiger partial charge < -0.3 is 15.4 Å². The van der Waals surface area contributed by atoms with Gasteiger partial charge in [-0.3, -0.25) is 0 Å². The lowest BCUT2D eigenvalue weighted by Crippen LogP contribution is -2.03. The lowest BCUT2D eigenvalue weighted by Gasteiger charge is -2.12. The first-order chi connectivity index (χ1) is 12.5. The largest absolute Gasteiger partial charge is 0.494 e. The Morgan fingerprint density at radius 2 is 1.65 bits per heavy atom. The molecule has 0 aliphatic rings. The number of hydrogen-bond donors (Lipinski definition) is 2. The van der Waals surface area contributed by atoms with Crippen molar-refractivity contribution in [3.63, 3.8) is 0 Å². The second-order valence-corrected chi connectivity index (χ2v) is 6.24. The van der Waals surface area contributed by atoms with E-state index in [0.29, 0.717) is 12.6 Å². The van der Waals surface area contributed by atoms with Crippen LogP contribution < -0.4 is 15.4 Å². The molecule has 0 atom stereocenters. The van der Waals surface area contributed by atoms with Gasteiger partial charge in [0.25, 0.3) is 0 Å². The highest BCUT2D eigenvalue weighted by molar-refractivity contribution is 5.63. The predicted molar refractivity (Wildman–Crippen MR) is 107 cm³/mol. The van der Waals surface area contributed by atoms with Crippen molar-refractivity contribution in [1.29, 1.82) is 0 Å². The zero-order chi connectivity index (χ0) is 18.5. The number of aryl methyl sites for hydroxylation is 3. The van der Waals surface area contributed by atoms with Gasteiger partial charge in [-0.05, 0) is 69.2 Å². The molecule has 5 nitrogen and oxygen atoms in total. The molecule has 0 saturated carbocycles. The van der Waals surface area contributed by atoms with Crippen LogP contribution in [0, 0.1) is 20.8 Å². The Morgan fingerprint density at radius 1 is 0.885 bits per heavy atom. The van der Waals surface area contributed by atoms with Gasteiger partial charge in [0.05, 0.1) is 6.61 Å². The van der Waals surface area contributed by atoms with Gasteiger partial charge in [-0.25, -0.2) is 4.98 Å². The lowest BCUT2D eigenvalue weighted by molar-refractivity contribution is 0.340. The smallest absolute Gasteiger partial charge is 0.229 e. The number of hydrogen-bond acceptors (Lipinski definition) is 5. The van der Waals surface area contributed by atoms with Crippen LogP contribution in [0.15, 0.2) is 48.5 Å². The Bertz CT molecular complexity index is 891. The number of nitrogens with zero attached hydrogens (tertiary/aromatic N) is 2. The van der Waals surface area contributed by atoms with E-state index >= 15 is 0 Å². The summed E-state index contributed by atoms with van der Waals surface area (Å²) in [5.41, 5.74) is 5.23. The highest BCUT2D eigenvalue weighted by Gasteiger charge is 2.06. The van der Waals surface area contributed by atoms with Crippen molar-refractivity contribution in [2.24, 2.45) is 0 Å². The maximum Gasteiger partial charge on any atom is 0.229 e. The summed E-state index contributed by atoms with van der Waals surface area (Å²) < 4.78 is 5.47. The van der Waals surface area contributed by atoms with Crippen molar-refractivity contribution in [2.75, 3.05) is 17.2 Å². The quantitative estimate of drug-likeness (QED) is 0.634. The van der Waals surface area contributed by atoms with E-state index in [1.807, 2.05) is 44.2 Å². The van der Waals surface area contributed by atoms with Gasteiger partial charge in [0.15, 0.2) is 0 Å². The van der Waals surface area contributed by atoms with E-state index < -0.39 is 0 Å². The van der Waals surface area contributed by atoms with Crippen LogP contribution in [0.25, 0.3) is 0 Å². The van der Waals surface area contributed by atoms with Gasteiger partial charge in [-0.2, -0.15) is 4.98 Å². The molecular weight excluding hydrogens is 324 g/mol. The third-order valence-corrected chi connectivity index (χ3v) is 3.93. The van der Waals surface area contributed by atoms with Crippen LogP contribution in [-0.2, 0) is 0 Å². The fraction of sp³-hybridized carbons (Fsp3) is 0.238. The molecule has 5 heteroatoms. The van der Waals surface area contributed by atoms with E-state index in [-0.39, 0.29) is 0 Å². The molecule has 3 aromatic rings. The summed E-state index contributed by atoms with van der Waals surface area (Å²) in [6, 6.07) is 16.0. The molecule has 2 N–H and O–H groups in total. The van der Waals surface area contributed by atoms with Gasteiger partial charge in [0.1, 0.15) is 11.6 Å². The first kappa shape index (κ1) is 17.7. The van der Waals surface area contributed by atoms with Crippen molar-refractivity contribution >= 4 is 23.1 Å². The number of anilines is 4. The molecule has 0 radical (unpaired) electrons. The van der Waals surface area contributed by atoms with Gasteiger partial charge in [-0.15, -0.1) is 0 Å². The molecule has 0 saturated heterocycles. The van der Waals surface area contributed by atoms with E-state index in [4.69, 9.17) is 4.74 Å². The molecule has 2 aromatic carbocycles. The SMILES string of the molecule is CCOc1ccc(Nc2nc(C)cc(Nc3cc(C)ccc3C)n2)cc1. The zero-order valence-electron chi connectivity index (χ0n) is 15.6. The molecule has 0 unspecified atom stereocenters. The Balaban J connectivity index is 1.80. The summed E-state index contributed by atoms with van der Waals surface area (Å²) >= 11 is 0. The normalized spacial score (nSPS) is 10.5. The van der Waals surface area contributed by atoms with E-state index in [2.05, 4.69) is 52.6 Å². The monoisotopic (exact) mass is 348 g/mol. The van der Waals surface area contributed by atoms with Crippen LogP contribution in [0.2, 0.25) is 0 Å². The Labute approximate surface area is 154 Å². The van der Waals surface area contributed by atoms with Crippen LogP contribution in [0.5, 0.6) is 5.75 Å². The minimum atomic E-state index is 0.557. The summed E-state index contributed by atoms with van der Waals surface area (Å²) in [7, 11) is 0. The molecule has 3 rings (SSSR count). The Morgan fingerprint density at radius 3 is 2.38 bits per heavy atom. The average Bonchev–Trinajstić information content (AvgIpc) is 2.60. The van der Waals surface area contributed by atoms with Gasteiger partial charge in [-0.1, -0.05) is 12.1 Å². The zero-order valence-corrected chi connectivity index (χ0v) is 15.6. The van der Waals surface area contributed by atoms with Gasteiger partial charge >= 0.3 is 0 Å². The van der Waals surface area contributed by atoms with E-state index in [1.165, 1.54) is 11.1 Å². The molecule has 0 spiro atoms. The van der Waals surface area contributed by atoms with Crippen molar-refractivity contribution in [3.8, 4) is 5.75 Å². The number of rotatable bonds is 6. The van der Waals surface area contributed by atoms with E-state index in [0.717, 1.165) is 28.6 Å². The second kappa shape index (κ2) is 7.87. The minimum Gasteiger partial charge on any atom is -0.494 e. The third-order valence-electron chi connectivity index (χ3n) is 3.93. The average molecular weight is 348 g/mol. The van der Waals surface area contributed by atoms with Crippen molar-refractivity contribution in [1.82, 2.24) is 9.97 Å². The standard InChI is InChI=1S/C21H24N4O/c1-5-26-18-10-8-17(9-11-18)23-21-22-16(4)13-20(25-21)24-19-12-14(2)6-7-15(19)3/h6-13H,5H2,1-4H3,(H2,22,23,24,25). The first-order valence-corrected chi connectivity index (χ1v) is 8.73. The molecule has 0 amide bonds. The molecule has 0 aliphatic carbocycles. The van der Waals surface area contributed by atoms with Crippen LogP contribution >= 0.6 is 0 Å². The first-order valence-electron chi connectivity index (χ1n) is 8.73. The van der Waals surface area contributed by atoms with Gasteiger partial charge in [0, 0.05) is 23.1 Å². The second-order valence-electron chi connectivity index (χ2n) is 6.24. The molecule has 0 fully saturated rings. The van der Waals surface area contributed by atoms with Crippen LogP contribution in [0.1, 0.15) is 23.7 Å². The topological polar surface area (TPSA) is 59.1 Å². The van der Waals surface area contributed by atoms with Crippen molar-refractivity contribution < 1.29 is 4.74 Å². The fourth-order valence-electron chi connectivity index (χ4n) is 2.63.